The first-order valence-corrected chi connectivity index (χ1v) is 6.29. The van der Waals surface area contributed by atoms with Gasteiger partial charge in [0.1, 0.15) is 0 Å². The maximum Gasteiger partial charge on any atom is 0.275 e. The molecule has 0 amide bonds. The van der Waals surface area contributed by atoms with Crippen LogP contribution in [0, 0.1) is 10.1 Å². The zero-order valence-electron chi connectivity index (χ0n) is 9.89. The summed E-state index contributed by atoms with van der Waals surface area (Å²) < 4.78 is 5.35. The van der Waals surface area contributed by atoms with Crippen molar-refractivity contribution in [3.8, 4) is 0 Å². The average molecular weight is 271 g/mol. The maximum absolute atomic E-state index is 10.9. The predicted octanol–water partition coefficient (Wildman–Crippen LogP) is 2.52. The van der Waals surface area contributed by atoms with Gasteiger partial charge in [-0.15, -0.1) is 0 Å². The predicted molar refractivity (Wildman–Crippen MR) is 68.8 cm³/mol. The third-order valence-electron chi connectivity index (χ3n) is 3.02. The number of benzene rings is 1. The molecule has 1 aliphatic rings. The second kappa shape index (κ2) is 6.13. The molecule has 1 N–H and O–H groups in total. The highest BCUT2D eigenvalue weighted by atomic mass is 35.5. The van der Waals surface area contributed by atoms with Gasteiger partial charge < -0.3 is 10.1 Å². The normalized spacial score (nSPS) is 19.7. The molecular formula is C12H15ClN2O3. The Morgan fingerprint density at radius 3 is 3.06 bits per heavy atom. The number of hydrogen-bond donors (Lipinski definition) is 1. The van der Waals surface area contributed by atoms with Gasteiger partial charge in [-0.3, -0.25) is 10.1 Å². The molecule has 5 nitrogen and oxygen atoms in total. The number of nitro benzene ring substituents is 1. The lowest BCUT2D eigenvalue weighted by Gasteiger charge is -2.23. The smallest absolute Gasteiger partial charge is 0.275 e. The van der Waals surface area contributed by atoms with E-state index in [0.29, 0.717) is 23.7 Å². The molecule has 6 heteroatoms. The molecule has 0 saturated carbocycles. The van der Waals surface area contributed by atoms with E-state index in [0.717, 1.165) is 19.4 Å². The quantitative estimate of drug-likeness (QED) is 0.674. The Morgan fingerprint density at radius 1 is 1.56 bits per heavy atom. The standard InChI is InChI=1S/C12H15ClN2O3/c13-11-4-1-5-12(15(16)17)10(11)7-14-9-3-2-6-18-8-9/h1,4-5,9,14H,2-3,6-8H2. The molecule has 2 rings (SSSR count). The van der Waals surface area contributed by atoms with Crippen LogP contribution in [-0.4, -0.2) is 24.2 Å². The average Bonchev–Trinajstić information content (AvgIpc) is 2.38. The Labute approximate surface area is 110 Å². The molecule has 0 spiro atoms. The minimum Gasteiger partial charge on any atom is -0.380 e. The maximum atomic E-state index is 10.9. The van der Waals surface area contributed by atoms with Crippen LogP contribution >= 0.6 is 11.6 Å². The number of hydrogen-bond acceptors (Lipinski definition) is 4. The van der Waals surface area contributed by atoms with E-state index in [4.69, 9.17) is 16.3 Å². The van der Waals surface area contributed by atoms with Crippen LogP contribution in [0.15, 0.2) is 18.2 Å². The van der Waals surface area contributed by atoms with Crippen LogP contribution in [0.3, 0.4) is 0 Å². The Kier molecular flexibility index (Phi) is 4.52. The van der Waals surface area contributed by atoms with Gasteiger partial charge >= 0.3 is 0 Å². The summed E-state index contributed by atoms with van der Waals surface area (Å²) in [6.45, 7) is 1.84. The van der Waals surface area contributed by atoms with Crippen molar-refractivity contribution in [1.82, 2.24) is 5.32 Å². The van der Waals surface area contributed by atoms with Gasteiger partial charge in [-0.25, -0.2) is 0 Å². The van der Waals surface area contributed by atoms with E-state index in [1.54, 1.807) is 12.1 Å². The summed E-state index contributed by atoms with van der Waals surface area (Å²) in [4.78, 5) is 10.5. The number of nitrogens with zero attached hydrogens (tertiary/aromatic N) is 1. The van der Waals surface area contributed by atoms with Crippen molar-refractivity contribution in [2.75, 3.05) is 13.2 Å². The van der Waals surface area contributed by atoms with Crippen molar-refractivity contribution >= 4 is 17.3 Å². The molecule has 1 unspecified atom stereocenters. The summed E-state index contributed by atoms with van der Waals surface area (Å²) in [5.74, 6) is 0. The van der Waals surface area contributed by atoms with Crippen molar-refractivity contribution in [2.45, 2.75) is 25.4 Å². The number of rotatable bonds is 4. The lowest BCUT2D eigenvalue weighted by atomic mass is 10.1. The molecular weight excluding hydrogens is 256 g/mol. The Balaban J connectivity index is 2.05. The molecule has 0 bridgehead atoms. The Hall–Kier alpha value is -1.17. The van der Waals surface area contributed by atoms with E-state index in [1.807, 2.05) is 0 Å². The van der Waals surface area contributed by atoms with Crippen LogP contribution in [0.2, 0.25) is 5.02 Å². The van der Waals surface area contributed by atoms with Crippen molar-refractivity contribution in [2.24, 2.45) is 0 Å². The van der Waals surface area contributed by atoms with Crippen molar-refractivity contribution < 1.29 is 9.66 Å². The first-order chi connectivity index (χ1) is 8.68. The Bertz CT molecular complexity index is 433. The minimum absolute atomic E-state index is 0.0618. The van der Waals surface area contributed by atoms with Crippen molar-refractivity contribution in [3.05, 3.63) is 38.9 Å². The van der Waals surface area contributed by atoms with Crippen LogP contribution in [0.5, 0.6) is 0 Å². The van der Waals surface area contributed by atoms with Gasteiger partial charge in [0.05, 0.1) is 22.1 Å². The largest absolute Gasteiger partial charge is 0.380 e. The summed E-state index contributed by atoms with van der Waals surface area (Å²) in [7, 11) is 0. The summed E-state index contributed by atoms with van der Waals surface area (Å²) >= 11 is 6.02. The third kappa shape index (κ3) is 3.19. The molecule has 0 radical (unpaired) electrons. The lowest BCUT2D eigenvalue weighted by molar-refractivity contribution is -0.385. The van der Waals surface area contributed by atoms with Crippen molar-refractivity contribution in [3.63, 3.8) is 0 Å². The van der Waals surface area contributed by atoms with Gasteiger partial charge in [-0.1, -0.05) is 17.7 Å². The van der Waals surface area contributed by atoms with E-state index in [-0.39, 0.29) is 11.7 Å². The van der Waals surface area contributed by atoms with Gasteiger partial charge in [-0.05, 0) is 18.9 Å². The molecule has 1 aromatic rings. The lowest BCUT2D eigenvalue weighted by Crippen LogP contribution is -2.36. The highest BCUT2D eigenvalue weighted by Gasteiger charge is 2.19. The van der Waals surface area contributed by atoms with Gasteiger partial charge in [-0.2, -0.15) is 0 Å². The fraction of sp³-hybridized carbons (Fsp3) is 0.500. The van der Waals surface area contributed by atoms with Crippen LogP contribution in [-0.2, 0) is 11.3 Å². The summed E-state index contributed by atoms with van der Waals surface area (Å²) in [5.41, 5.74) is 0.599. The molecule has 18 heavy (non-hydrogen) atoms. The molecule has 0 aliphatic carbocycles. The van der Waals surface area contributed by atoms with E-state index in [1.165, 1.54) is 6.07 Å². The molecule has 1 aliphatic heterocycles. The number of nitro groups is 1. The zero-order chi connectivity index (χ0) is 13.0. The highest BCUT2D eigenvalue weighted by Crippen LogP contribution is 2.26. The first kappa shape index (κ1) is 13.3. The van der Waals surface area contributed by atoms with Crippen LogP contribution in [0.25, 0.3) is 0 Å². The molecule has 0 aromatic heterocycles. The van der Waals surface area contributed by atoms with Gasteiger partial charge in [0, 0.05) is 25.3 Å². The molecule has 1 atom stereocenters. The van der Waals surface area contributed by atoms with E-state index < -0.39 is 4.92 Å². The van der Waals surface area contributed by atoms with Crippen LogP contribution < -0.4 is 5.32 Å². The molecule has 98 valence electrons. The second-order valence-electron chi connectivity index (χ2n) is 4.29. The fourth-order valence-electron chi connectivity index (χ4n) is 2.04. The fourth-order valence-corrected chi connectivity index (χ4v) is 2.28. The molecule has 1 aromatic carbocycles. The SMILES string of the molecule is O=[N+]([O-])c1cccc(Cl)c1CNC1CCCOC1. The molecule has 1 heterocycles. The monoisotopic (exact) mass is 270 g/mol. The van der Waals surface area contributed by atoms with E-state index in [9.17, 15) is 10.1 Å². The number of ether oxygens (including phenoxy) is 1. The van der Waals surface area contributed by atoms with E-state index in [2.05, 4.69) is 5.32 Å². The summed E-state index contributed by atoms with van der Waals surface area (Å²) in [5, 5.41) is 14.6. The highest BCUT2D eigenvalue weighted by molar-refractivity contribution is 6.31. The Morgan fingerprint density at radius 2 is 2.39 bits per heavy atom. The van der Waals surface area contributed by atoms with Crippen molar-refractivity contribution in [1.29, 1.82) is 0 Å². The minimum atomic E-state index is -0.403. The molecule has 1 saturated heterocycles. The third-order valence-corrected chi connectivity index (χ3v) is 3.37. The first-order valence-electron chi connectivity index (χ1n) is 5.91. The van der Waals surface area contributed by atoms with Gasteiger partial charge in [0.15, 0.2) is 0 Å². The van der Waals surface area contributed by atoms with Gasteiger partial charge in [0.2, 0.25) is 0 Å². The summed E-state index contributed by atoms with van der Waals surface area (Å²) in [6.07, 6.45) is 2.04. The topological polar surface area (TPSA) is 64.4 Å². The van der Waals surface area contributed by atoms with E-state index >= 15 is 0 Å². The number of nitrogens with one attached hydrogen (secondary N) is 1. The van der Waals surface area contributed by atoms with Crippen LogP contribution in [0.1, 0.15) is 18.4 Å². The van der Waals surface area contributed by atoms with Gasteiger partial charge in [0.25, 0.3) is 5.69 Å². The zero-order valence-corrected chi connectivity index (χ0v) is 10.7. The van der Waals surface area contributed by atoms with Crippen LogP contribution in [0.4, 0.5) is 5.69 Å². The molecule has 1 fully saturated rings. The summed E-state index contributed by atoms with van der Waals surface area (Å²) in [6, 6.07) is 4.98. The number of halogens is 1. The second-order valence-corrected chi connectivity index (χ2v) is 4.70.